The number of nitrogens with zero attached hydrogens (tertiary/aromatic N) is 1. The summed E-state index contributed by atoms with van der Waals surface area (Å²) in [4.78, 5) is 16.4. The van der Waals surface area contributed by atoms with Crippen LogP contribution < -0.4 is 4.74 Å². The van der Waals surface area contributed by atoms with Crippen molar-refractivity contribution in [2.24, 2.45) is 0 Å². The van der Waals surface area contributed by atoms with Crippen molar-refractivity contribution in [3.63, 3.8) is 0 Å². The van der Waals surface area contributed by atoms with Crippen LogP contribution in [0.25, 0.3) is 10.8 Å². The number of aldehydes is 1. The van der Waals surface area contributed by atoms with Crippen LogP contribution in [0.1, 0.15) is 32.7 Å². The van der Waals surface area contributed by atoms with Crippen molar-refractivity contribution in [2.45, 2.75) is 32.8 Å². The molecule has 1 atom stereocenters. The number of ether oxygens (including phenoxy) is 4. The van der Waals surface area contributed by atoms with E-state index in [0.717, 1.165) is 17.4 Å². The van der Waals surface area contributed by atoms with E-state index in [1.165, 1.54) is 10.8 Å². The molecule has 4 rings (SSSR count). The lowest BCUT2D eigenvalue weighted by Gasteiger charge is -2.19. The Hall–Kier alpha value is -3.58. The Labute approximate surface area is 211 Å². The van der Waals surface area contributed by atoms with Crippen molar-refractivity contribution >= 4 is 17.1 Å². The SMILES string of the molecule is CO[C@@H](COCc1ccc2ccccc2c1)COc1c(C)ncc(COCc2ccccc2)c1C=O. The highest BCUT2D eigenvalue weighted by atomic mass is 16.6. The van der Waals surface area contributed by atoms with Gasteiger partial charge in [-0.1, -0.05) is 66.7 Å². The summed E-state index contributed by atoms with van der Waals surface area (Å²) in [5.74, 6) is 0.447. The molecule has 0 spiro atoms. The Kier molecular flexibility index (Phi) is 9.16. The standard InChI is InChI=1S/C30H31NO5/c1-22-30(29(16-32)27(15-31-22)19-34-17-23-8-4-3-5-9-23)36-21-28(33-2)20-35-18-24-12-13-25-10-6-7-11-26(25)14-24/h3-16,28H,17-21H2,1-2H3/t28-/m0/s1. The van der Waals surface area contributed by atoms with Gasteiger partial charge in [0.25, 0.3) is 0 Å². The Morgan fingerprint density at radius 3 is 2.36 bits per heavy atom. The van der Waals surface area contributed by atoms with Gasteiger partial charge >= 0.3 is 0 Å². The molecule has 0 fully saturated rings. The predicted molar refractivity (Wildman–Crippen MR) is 139 cm³/mol. The fourth-order valence-corrected chi connectivity index (χ4v) is 3.92. The largest absolute Gasteiger partial charge is 0.488 e. The van der Waals surface area contributed by atoms with Crippen LogP contribution in [0.2, 0.25) is 0 Å². The first-order valence-electron chi connectivity index (χ1n) is 11.9. The summed E-state index contributed by atoms with van der Waals surface area (Å²) in [7, 11) is 1.62. The third-order valence-corrected chi connectivity index (χ3v) is 5.95. The molecule has 6 nitrogen and oxygen atoms in total. The topological polar surface area (TPSA) is 66.9 Å². The van der Waals surface area contributed by atoms with Gasteiger partial charge in [0, 0.05) is 18.9 Å². The number of aromatic nitrogens is 1. The molecular weight excluding hydrogens is 454 g/mol. The fourth-order valence-electron chi connectivity index (χ4n) is 3.92. The van der Waals surface area contributed by atoms with Gasteiger partial charge in [0.2, 0.25) is 0 Å². The number of hydrogen-bond acceptors (Lipinski definition) is 6. The molecule has 0 aliphatic heterocycles. The number of methoxy groups -OCH3 is 1. The van der Waals surface area contributed by atoms with Gasteiger partial charge in [-0.2, -0.15) is 0 Å². The van der Waals surface area contributed by atoms with Crippen LogP contribution in [-0.4, -0.2) is 37.7 Å². The number of rotatable bonds is 13. The molecule has 0 saturated carbocycles. The van der Waals surface area contributed by atoms with E-state index in [4.69, 9.17) is 18.9 Å². The minimum Gasteiger partial charge on any atom is -0.488 e. The number of fused-ring (bicyclic) bond motifs is 1. The third kappa shape index (κ3) is 6.76. The van der Waals surface area contributed by atoms with Gasteiger partial charge in [-0.25, -0.2) is 0 Å². The van der Waals surface area contributed by atoms with Crippen LogP contribution >= 0.6 is 0 Å². The Bertz CT molecular complexity index is 1280. The van der Waals surface area contributed by atoms with Crippen molar-refractivity contribution in [1.29, 1.82) is 0 Å². The lowest BCUT2D eigenvalue weighted by atomic mass is 10.1. The molecule has 0 N–H and O–H groups in total. The molecule has 0 saturated heterocycles. The van der Waals surface area contributed by atoms with Gasteiger partial charge in [-0.3, -0.25) is 9.78 Å². The van der Waals surface area contributed by atoms with E-state index in [-0.39, 0.29) is 19.3 Å². The molecule has 4 aromatic rings. The van der Waals surface area contributed by atoms with Gasteiger partial charge < -0.3 is 18.9 Å². The van der Waals surface area contributed by atoms with Crippen LogP contribution in [-0.2, 0) is 34.0 Å². The van der Waals surface area contributed by atoms with E-state index >= 15 is 0 Å². The summed E-state index contributed by atoms with van der Waals surface area (Å²) >= 11 is 0. The number of carbonyl (C=O) groups is 1. The van der Waals surface area contributed by atoms with E-state index in [1.54, 1.807) is 13.3 Å². The van der Waals surface area contributed by atoms with Crippen LogP contribution in [0.4, 0.5) is 0 Å². The van der Waals surface area contributed by atoms with E-state index in [1.807, 2.05) is 49.4 Å². The first-order valence-corrected chi connectivity index (χ1v) is 11.9. The fraction of sp³-hybridized carbons (Fsp3) is 0.267. The normalized spacial score (nSPS) is 11.9. The lowest BCUT2D eigenvalue weighted by molar-refractivity contribution is -0.0199. The van der Waals surface area contributed by atoms with Crippen LogP contribution in [0, 0.1) is 6.92 Å². The maximum atomic E-state index is 12.0. The highest BCUT2D eigenvalue weighted by Crippen LogP contribution is 2.25. The average Bonchev–Trinajstić information content (AvgIpc) is 2.92. The molecule has 6 heteroatoms. The lowest BCUT2D eigenvalue weighted by Crippen LogP contribution is -2.26. The first-order chi connectivity index (χ1) is 17.7. The minimum absolute atomic E-state index is 0.228. The van der Waals surface area contributed by atoms with Crippen molar-refractivity contribution in [2.75, 3.05) is 20.3 Å². The van der Waals surface area contributed by atoms with Gasteiger partial charge in [-0.15, -0.1) is 0 Å². The molecule has 0 bridgehead atoms. The summed E-state index contributed by atoms with van der Waals surface area (Å²) < 4.78 is 23.3. The van der Waals surface area contributed by atoms with Crippen molar-refractivity contribution in [3.05, 3.63) is 107 Å². The monoisotopic (exact) mass is 485 g/mol. The van der Waals surface area contributed by atoms with Crippen molar-refractivity contribution in [1.82, 2.24) is 4.98 Å². The maximum Gasteiger partial charge on any atom is 0.154 e. The van der Waals surface area contributed by atoms with Crippen LogP contribution in [0.5, 0.6) is 5.75 Å². The number of carbonyl (C=O) groups excluding carboxylic acids is 1. The molecule has 1 heterocycles. The predicted octanol–water partition coefficient (Wildman–Crippen LogP) is 5.68. The molecule has 36 heavy (non-hydrogen) atoms. The summed E-state index contributed by atoms with van der Waals surface area (Å²) in [6.45, 7) is 3.57. The molecule has 0 aliphatic carbocycles. The second-order valence-corrected chi connectivity index (χ2v) is 8.57. The Balaban J connectivity index is 1.32. The maximum absolute atomic E-state index is 12.0. The molecule has 0 radical (unpaired) electrons. The molecule has 0 aliphatic rings. The summed E-state index contributed by atoms with van der Waals surface area (Å²) in [5.41, 5.74) is 3.92. The molecule has 0 amide bonds. The zero-order valence-corrected chi connectivity index (χ0v) is 20.7. The molecule has 0 unspecified atom stereocenters. The molecule has 186 valence electrons. The molecular formula is C30H31NO5. The first kappa shape index (κ1) is 25.5. The highest BCUT2D eigenvalue weighted by molar-refractivity contribution is 5.83. The van der Waals surface area contributed by atoms with E-state index in [9.17, 15) is 4.79 Å². The van der Waals surface area contributed by atoms with Gasteiger partial charge in [0.05, 0.1) is 37.7 Å². The van der Waals surface area contributed by atoms with Gasteiger partial charge in [0.1, 0.15) is 12.7 Å². The second kappa shape index (κ2) is 12.9. The zero-order chi connectivity index (χ0) is 25.2. The minimum atomic E-state index is -0.303. The number of aryl methyl sites for hydroxylation is 1. The van der Waals surface area contributed by atoms with Crippen LogP contribution in [0.3, 0.4) is 0 Å². The third-order valence-electron chi connectivity index (χ3n) is 5.95. The number of benzene rings is 3. The number of hydrogen-bond donors (Lipinski definition) is 0. The average molecular weight is 486 g/mol. The smallest absolute Gasteiger partial charge is 0.154 e. The van der Waals surface area contributed by atoms with Gasteiger partial charge in [-0.05, 0) is 34.9 Å². The van der Waals surface area contributed by atoms with Gasteiger partial charge in [0.15, 0.2) is 12.0 Å². The van der Waals surface area contributed by atoms with Crippen LogP contribution in [0.15, 0.2) is 79.0 Å². The summed E-state index contributed by atoms with van der Waals surface area (Å²) in [6.07, 6.45) is 2.16. The Morgan fingerprint density at radius 2 is 1.58 bits per heavy atom. The summed E-state index contributed by atoms with van der Waals surface area (Å²) in [6, 6.07) is 24.4. The molecule has 3 aromatic carbocycles. The quantitative estimate of drug-likeness (QED) is 0.227. The zero-order valence-electron chi connectivity index (χ0n) is 20.7. The van der Waals surface area contributed by atoms with Crippen molar-refractivity contribution in [3.8, 4) is 5.75 Å². The van der Waals surface area contributed by atoms with E-state index < -0.39 is 0 Å². The number of pyridine rings is 1. The van der Waals surface area contributed by atoms with Crippen molar-refractivity contribution < 1.29 is 23.7 Å². The summed E-state index contributed by atoms with van der Waals surface area (Å²) in [5, 5.41) is 2.38. The Morgan fingerprint density at radius 1 is 0.833 bits per heavy atom. The molecule has 1 aromatic heterocycles. The highest BCUT2D eigenvalue weighted by Gasteiger charge is 2.17. The second-order valence-electron chi connectivity index (χ2n) is 8.57. The van der Waals surface area contributed by atoms with E-state index in [0.29, 0.717) is 42.4 Å². The van der Waals surface area contributed by atoms with E-state index in [2.05, 4.69) is 35.3 Å².